The molecule has 0 saturated carbocycles. The lowest BCUT2D eigenvalue weighted by Gasteiger charge is -2.32. The minimum Gasteiger partial charge on any atom is -0.465 e. The number of rotatable bonds is 12. The number of ether oxygens (including phenoxy) is 2. The van der Waals surface area contributed by atoms with Gasteiger partial charge in [-0.3, -0.25) is 19.6 Å². The van der Waals surface area contributed by atoms with E-state index < -0.39 is 77.4 Å². The molecule has 5 rings (SSSR count). The average Bonchev–Trinajstić information content (AvgIpc) is 3.60. The van der Waals surface area contributed by atoms with Crippen molar-refractivity contribution in [2.45, 2.75) is 140 Å². The van der Waals surface area contributed by atoms with E-state index in [0.717, 1.165) is 0 Å². The second kappa shape index (κ2) is 19.5. The van der Waals surface area contributed by atoms with Crippen LogP contribution in [0.25, 0.3) is 0 Å². The molecule has 0 spiro atoms. The van der Waals surface area contributed by atoms with E-state index in [1.807, 2.05) is 83.1 Å². The van der Waals surface area contributed by atoms with Crippen LogP contribution >= 0.6 is 15.9 Å². The molecule has 0 aromatic carbocycles. The highest BCUT2D eigenvalue weighted by atomic mass is 79.9. The lowest BCUT2D eigenvalue weighted by atomic mass is 9.49. The van der Waals surface area contributed by atoms with Crippen LogP contribution in [0.4, 0.5) is 0 Å². The largest absolute Gasteiger partial charge is 0.496 e. The van der Waals surface area contributed by atoms with Crippen LogP contribution in [0.2, 0.25) is 0 Å². The van der Waals surface area contributed by atoms with Crippen molar-refractivity contribution in [3.63, 3.8) is 0 Å². The Labute approximate surface area is 364 Å². The van der Waals surface area contributed by atoms with E-state index in [-0.39, 0.29) is 45.4 Å². The maximum Gasteiger partial charge on any atom is 0.496 e. The lowest BCUT2D eigenvalue weighted by Crippen LogP contribution is -2.41. The number of nitrogens with one attached hydrogen (secondary N) is 2. The molecule has 0 amide bonds. The molecule has 3 aliphatic rings. The Morgan fingerprint density at radius 3 is 1.27 bits per heavy atom. The summed E-state index contributed by atoms with van der Waals surface area (Å²) < 4.78 is 97.9. The number of carbonyl (C=O) groups excluding carboxylic acids is 2. The van der Waals surface area contributed by atoms with Crippen molar-refractivity contribution in [3.8, 4) is 0 Å². The van der Waals surface area contributed by atoms with Gasteiger partial charge in [0.2, 0.25) is 20.0 Å². The number of hydrogen-bond donors (Lipinski definition) is 2. The maximum atomic E-state index is 12.3. The smallest absolute Gasteiger partial charge is 0.465 e. The van der Waals surface area contributed by atoms with Gasteiger partial charge in [-0.15, -0.1) is 0 Å². The number of esters is 2. The molecule has 2 aromatic heterocycles. The highest BCUT2D eigenvalue weighted by molar-refractivity contribution is 9.10. The van der Waals surface area contributed by atoms with Gasteiger partial charge in [0.1, 0.15) is 18.0 Å². The van der Waals surface area contributed by atoms with E-state index in [9.17, 15) is 26.4 Å². The van der Waals surface area contributed by atoms with E-state index in [1.165, 1.54) is 36.9 Å². The fourth-order valence-corrected chi connectivity index (χ4v) is 7.57. The summed E-state index contributed by atoms with van der Waals surface area (Å²) in [5, 5.41) is 0. The minimum absolute atomic E-state index is 0.0174. The van der Waals surface area contributed by atoms with Crippen LogP contribution in [-0.4, -0.2) is 120 Å². The van der Waals surface area contributed by atoms with E-state index in [1.54, 1.807) is 13.8 Å². The Bertz CT molecular complexity index is 1980. The van der Waals surface area contributed by atoms with Gasteiger partial charge in [-0.25, -0.2) is 16.8 Å². The van der Waals surface area contributed by atoms with Gasteiger partial charge in [0.05, 0.1) is 51.7 Å². The molecule has 3 fully saturated rings. The first-order valence-electron chi connectivity index (χ1n) is 19.2. The highest BCUT2D eigenvalue weighted by Gasteiger charge is 2.63. The quantitative estimate of drug-likeness (QED) is 0.230. The maximum absolute atomic E-state index is 12.3. The second-order valence-electron chi connectivity index (χ2n) is 16.9. The Morgan fingerprint density at radius 1 is 0.583 bits per heavy atom. The molecular formula is C36H58B3BrN4O14S2. The first-order valence-corrected chi connectivity index (χ1v) is 23.0. The van der Waals surface area contributed by atoms with Crippen molar-refractivity contribution in [1.82, 2.24) is 19.4 Å². The van der Waals surface area contributed by atoms with Gasteiger partial charge in [-0.05, 0) is 125 Å². The predicted molar refractivity (Wildman–Crippen MR) is 228 cm³/mol. The zero-order chi connectivity index (χ0) is 45.8. The topological polar surface area (TPSA) is 226 Å². The van der Waals surface area contributed by atoms with E-state index in [4.69, 9.17) is 32.7 Å². The van der Waals surface area contributed by atoms with Crippen LogP contribution in [0.5, 0.6) is 0 Å². The third-order valence-electron chi connectivity index (χ3n) is 10.7. The van der Waals surface area contributed by atoms with E-state index in [0.29, 0.717) is 9.94 Å². The third kappa shape index (κ3) is 13.0. The Morgan fingerprint density at radius 2 is 0.917 bits per heavy atom. The summed E-state index contributed by atoms with van der Waals surface area (Å²) >= 11 is 3.11. The fourth-order valence-electron chi connectivity index (χ4n) is 5.13. The Hall–Kier alpha value is -2.51. The molecule has 0 bridgehead atoms. The van der Waals surface area contributed by atoms with Crippen molar-refractivity contribution in [1.29, 1.82) is 0 Å². The number of sulfonamides is 2. The number of aromatic nitrogens is 2. The number of nitrogens with zero attached hydrogens (tertiary/aromatic N) is 2. The Balaban J connectivity index is 0.000000247. The summed E-state index contributed by atoms with van der Waals surface area (Å²) in [6.07, 6.45) is 5.34. The van der Waals surface area contributed by atoms with E-state index in [2.05, 4.69) is 40.1 Å². The molecule has 24 heteroatoms. The number of hydrogen-bond acceptors (Lipinski definition) is 16. The van der Waals surface area contributed by atoms with Gasteiger partial charge >= 0.3 is 33.1 Å². The molecule has 3 saturated heterocycles. The molecule has 0 atom stereocenters. The predicted octanol–water partition coefficient (Wildman–Crippen LogP) is 3.16. The molecule has 3 aliphatic heterocycles. The zero-order valence-electron chi connectivity index (χ0n) is 36.8. The Kier molecular flexibility index (Phi) is 16.8. The summed E-state index contributed by atoms with van der Waals surface area (Å²) in [6, 6.07) is 2.81. The van der Waals surface area contributed by atoms with Gasteiger partial charge in [-0.1, -0.05) is 0 Å². The summed E-state index contributed by atoms with van der Waals surface area (Å²) in [6.45, 7) is 26.7. The summed E-state index contributed by atoms with van der Waals surface area (Å²) in [5.41, 5.74) is -2.05. The van der Waals surface area contributed by atoms with Crippen LogP contribution in [0.1, 0.15) is 96.9 Å². The van der Waals surface area contributed by atoms with Gasteiger partial charge in [-0.2, -0.15) is 9.44 Å². The van der Waals surface area contributed by atoms with Crippen molar-refractivity contribution in [3.05, 3.63) is 41.4 Å². The standard InChI is InChI=1S/C15H23BN2O6S.C12H24B2O4.C9H11BrN2O4S/c1-6-22-13(19)10-18-25(20,21)12-7-11(8-17-9-12)16-23-14(2,3)15(4,5)24-16;1-9(2)10(3,4)16-13(15-9)14-17-11(5,6)12(7,8)18-14;1-2-16-9(13)6-12-17(14,15)8-3-7(10)4-11-5-8/h7-9,18H,6,10H2,1-5H3;1-8H3;3-5,12H,2,6H2,1H3. The summed E-state index contributed by atoms with van der Waals surface area (Å²) in [5.74, 6) is -1.28. The molecule has 0 radical (unpaired) electrons. The number of carbonyl (C=O) groups is 2. The summed E-state index contributed by atoms with van der Waals surface area (Å²) in [7, 11) is -9.32. The van der Waals surface area contributed by atoms with E-state index >= 15 is 0 Å². The van der Waals surface area contributed by atoms with Crippen molar-refractivity contribution < 1.29 is 63.8 Å². The molecule has 2 aromatic rings. The molecule has 2 N–H and O–H groups in total. The van der Waals surface area contributed by atoms with Gasteiger partial charge < -0.3 is 37.4 Å². The normalized spacial score (nSPS) is 20.7. The second-order valence-corrected chi connectivity index (χ2v) is 21.3. The van der Waals surface area contributed by atoms with Gasteiger partial charge in [0.25, 0.3) is 0 Å². The molecular weight excluding hydrogens is 889 g/mol. The zero-order valence-corrected chi connectivity index (χ0v) is 40.0. The molecule has 334 valence electrons. The van der Waals surface area contributed by atoms with Crippen LogP contribution in [0.3, 0.4) is 0 Å². The average molecular weight is 947 g/mol. The first-order chi connectivity index (χ1) is 27.3. The third-order valence-corrected chi connectivity index (χ3v) is 13.9. The molecule has 0 aliphatic carbocycles. The molecule has 18 nitrogen and oxygen atoms in total. The molecule has 0 unspecified atom stereocenters. The monoisotopic (exact) mass is 946 g/mol. The highest BCUT2D eigenvalue weighted by Crippen LogP contribution is 2.43. The van der Waals surface area contributed by atoms with Crippen LogP contribution in [0, 0.1) is 0 Å². The van der Waals surface area contributed by atoms with Crippen LogP contribution < -0.4 is 14.9 Å². The van der Waals surface area contributed by atoms with Crippen LogP contribution in [0.15, 0.2) is 51.2 Å². The van der Waals surface area contributed by atoms with Crippen LogP contribution in [-0.2, 0) is 67.0 Å². The number of pyridine rings is 2. The minimum atomic E-state index is -3.91. The number of halogens is 1. The van der Waals surface area contributed by atoms with Crippen molar-refractivity contribution >= 4 is 74.5 Å². The lowest BCUT2D eigenvalue weighted by molar-refractivity contribution is -0.142. The SMILES string of the molecule is CC1(C)OB(B2OC(C)(C)C(C)(C)O2)OC1(C)C.CCOC(=O)CNS(=O)(=O)c1cncc(B2OC(C)(C)C(C)(C)O2)c1.CCOC(=O)CNS(=O)(=O)c1cncc(Br)c1. The summed E-state index contributed by atoms with van der Waals surface area (Å²) in [4.78, 5) is 29.9. The fraction of sp³-hybridized carbons (Fsp3) is 0.667. The van der Waals surface area contributed by atoms with Crippen molar-refractivity contribution in [2.24, 2.45) is 0 Å². The van der Waals surface area contributed by atoms with Crippen molar-refractivity contribution in [2.75, 3.05) is 26.3 Å². The molecule has 5 heterocycles. The van der Waals surface area contributed by atoms with Gasteiger partial charge in [0.15, 0.2) is 0 Å². The first kappa shape index (κ1) is 51.8. The molecule has 60 heavy (non-hydrogen) atoms. The van der Waals surface area contributed by atoms with Gasteiger partial charge in [0, 0.05) is 34.7 Å².